The maximum absolute atomic E-state index is 12.1. The molecule has 0 aliphatic rings. The molecule has 100 valence electrons. The van der Waals surface area contributed by atoms with Crippen molar-refractivity contribution < 1.29 is 4.79 Å². The molecule has 0 saturated carbocycles. The number of benzene rings is 1. The van der Waals surface area contributed by atoms with Crippen molar-refractivity contribution in [2.75, 3.05) is 5.32 Å². The van der Waals surface area contributed by atoms with Gasteiger partial charge in [0.2, 0.25) is 0 Å². The highest BCUT2D eigenvalue weighted by atomic mass is 79.9. The molecule has 1 heterocycles. The summed E-state index contributed by atoms with van der Waals surface area (Å²) in [7, 11) is 0. The lowest BCUT2D eigenvalue weighted by atomic mass is 10.2. The van der Waals surface area contributed by atoms with E-state index in [2.05, 4.69) is 26.3 Å². The summed E-state index contributed by atoms with van der Waals surface area (Å²) >= 11 is 9.33. The first-order chi connectivity index (χ1) is 8.97. The Balaban J connectivity index is 2.18. The Morgan fingerprint density at radius 3 is 2.84 bits per heavy atom. The zero-order valence-corrected chi connectivity index (χ0v) is 12.9. The number of hydrogen-bond donors (Lipinski definition) is 1. The third-order valence-corrected chi connectivity index (χ3v) is 3.38. The van der Waals surface area contributed by atoms with Crippen molar-refractivity contribution in [3.63, 3.8) is 0 Å². The van der Waals surface area contributed by atoms with E-state index in [0.717, 1.165) is 4.47 Å². The summed E-state index contributed by atoms with van der Waals surface area (Å²) in [5.41, 5.74) is 1.07. The van der Waals surface area contributed by atoms with Crippen molar-refractivity contribution in [2.24, 2.45) is 0 Å². The molecule has 0 aliphatic heterocycles. The van der Waals surface area contributed by atoms with Crippen LogP contribution in [0.5, 0.6) is 0 Å². The van der Waals surface area contributed by atoms with Gasteiger partial charge in [-0.3, -0.25) is 9.48 Å². The summed E-state index contributed by atoms with van der Waals surface area (Å²) in [4.78, 5) is 12.1. The lowest BCUT2D eigenvalue weighted by Crippen LogP contribution is -2.12. The quantitative estimate of drug-likeness (QED) is 0.911. The number of nitrogens with zero attached hydrogens (tertiary/aromatic N) is 2. The minimum Gasteiger partial charge on any atom is -0.319 e. The number of amides is 1. The molecule has 0 bridgehead atoms. The molecule has 0 radical (unpaired) electrons. The van der Waals surface area contributed by atoms with Gasteiger partial charge in [-0.2, -0.15) is 5.10 Å². The van der Waals surface area contributed by atoms with Crippen LogP contribution < -0.4 is 5.32 Å². The largest absolute Gasteiger partial charge is 0.319 e. The molecular weight excluding hydrogens is 330 g/mol. The summed E-state index contributed by atoms with van der Waals surface area (Å²) < 4.78 is 2.58. The second kappa shape index (κ2) is 5.75. The van der Waals surface area contributed by atoms with Crippen molar-refractivity contribution in [3.05, 3.63) is 45.7 Å². The van der Waals surface area contributed by atoms with Crippen LogP contribution in [0.3, 0.4) is 0 Å². The van der Waals surface area contributed by atoms with Gasteiger partial charge in [0, 0.05) is 16.7 Å². The van der Waals surface area contributed by atoms with Gasteiger partial charge in [-0.25, -0.2) is 0 Å². The molecule has 1 amide bonds. The van der Waals surface area contributed by atoms with Gasteiger partial charge in [-0.15, -0.1) is 0 Å². The van der Waals surface area contributed by atoms with E-state index in [0.29, 0.717) is 16.3 Å². The predicted molar refractivity (Wildman–Crippen MR) is 79.7 cm³/mol. The summed E-state index contributed by atoms with van der Waals surface area (Å²) in [6.45, 7) is 4.04. The molecule has 0 fully saturated rings. The van der Waals surface area contributed by atoms with Crippen molar-refractivity contribution >= 4 is 39.1 Å². The first-order valence-electron chi connectivity index (χ1n) is 5.78. The van der Waals surface area contributed by atoms with E-state index in [4.69, 9.17) is 11.6 Å². The average Bonchev–Trinajstić information content (AvgIpc) is 2.80. The highest BCUT2D eigenvalue weighted by Crippen LogP contribution is 2.22. The molecule has 0 saturated heterocycles. The normalized spacial score (nSPS) is 10.8. The van der Waals surface area contributed by atoms with Crippen LogP contribution in [0.25, 0.3) is 0 Å². The monoisotopic (exact) mass is 341 g/mol. The van der Waals surface area contributed by atoms with E-state index < -0.39 is 0 Å². The smallest absolute Gasteiger partial charge is 0.257 e. The molecule has 0 aliphatic carbocycles. The Bertz CT molecular complexity index is 610. The number of anilines is 1. The van der Waals surface area contributed by atoms with Crippen molar-refractivity contribution in [1.29, 1.82) is 0 Å². The first kappa shape index (κ1) is 14.1. The molecule has 0 atom stereocenters. The van der Waals surface area contributed by atoms with Crippen LogP contribution in [0.4, 0.5) is 5.69 Å². The fraction of sp³-hybridized carbons (Fsp3) is 0.231. The molecule has 2 rings (SSSR count). The summed E-state index contributed by atoms with van der Waals surface area (Å²) in [5, 5.41) is 7.35. The zero-order valence-electron chi connectivity index (χ0n) is 10.5. The summed E-state index contributed by atoms with van der Waals surface area (Å²) in [6.07, 6.45) is 3.40. The predicted octanol–water partition coefficient (Wildman–Crippen LogP) is 4.13. The molecule has 2 aromatic rings. The van der Waals surface area contributed by atoms with Crippen LogP contribution in [0, 0.1) is 0 Å². The average molecular weight is 343 g/mol. The first-order valence-corrected chi connectivity index (χ1v) is 6.95. The standard InChI is InChI=1S/C13H13BrClN3O/c1-8(2)18-7-10(6-16-18)17-13(19)11-5-9(14)3-4-12(11)15/h3-8H,1-2H3,(H,17,19). The number of aromatic nitrogens is 2. The Morgan fingerprint density at radius 1 is 1.47 bits per heavy atom. The van der Waals surface area contributed by atoms with Crippen molar-refractivity contribution in [3.8, 4) is 0 Å². The molecular formula is C13H13BrClN3O. The fourth-order valence-electron chi connectivity index (χ4n) is 1.55. The minimum absolute atomic E-state index is 0.250. The van der Waals surface area contributed by atoms with Gasteiger partial charge in [0.25, 0.3) is 5.91 Å². The number of carbonyl (C=O) groups excluding carboxylic acids is 1. The van der Waals surface area contributed by atoms with Gasteiger partial charge >= 0.3 is 0 Å². The lowest BCUT2D eigenvalue weighted by molar-refractivity contribution is 0.102. The Morgan fingerprint density at radius 2 is 2.21 bits per heavy atom. The van der Waals surface area contributed by atoms with E-state index in [1.54, 1.807) is 35.3 Å². The Labute approximate surface area is 124 Å². The number of hydrogen-bond acceptors (Lipinski definition) is 2. The highest BCUT2D eigenvalue weighted by Gasteiger charge is 2.12. The van der Waals surface area contributed by atoms with E-state index in [-0.39, 0.29) is 11.9 Å². The third kappa shape index (κ3) is 3.36. The minimum atomic E-state index is -0.255. The Hall–Kier alpha value is -1.33. The maximum atomic E-state index is 12.1. The number of halogens is 2. The van der Waals surface area contributed by atoms with Gasteiger partial charge in [-0.1, -0.05) is 27.5 Å². The molecule has 0 unspecified atom stereocenters. The second-order valence-electron chi connectivity index (χ2n) is 4.38. The molecule has 1 aromatic carbocycles. The molecule has 1 N–H and O–H groups in total. The van der Waals surface area contributed by atoms with E-state index in [1.807, 2.05) is 13.8 Å². The van der Waals surface area contributed by atoms with Crippen molar-refractivity contribution in [1.82, 2.24) is 9.78 Å². The van der Waals surface area contributed by atoms with E-state index in [9.17, 15) is 4.79 Å². The van der Waals surface area contributed by atoms with Crippen LogP contribution >= 0.6 is 27.5 Å². The molecule has 0 spiro atoms. The topological polar surface area (TPSA) is 46.9 Å². The number of nitrogens with one attached hydrogen (secondary N) is 1. The molecule has 4 nitrogen and oxygen atoms in total. The van der Waals surface area contributed by atoms with Crippen molar-refractivity contribution in [2.45, 2.75) is 19.9 Å². The molecule has 19 heavy (non-hydrogen) atoms. The Kier molecular flexibility index (Phi) is 4.27. The fourth-order valence-corrected chi connectivity index (χ4v) is 2.12. The SMILES string of the molecule is CC(C)n1cc(NC(=O)c2cc(Br)ccc2Cl)cn1. The van der Waals surface area contributed by atoms with Crippen LogP contribution in [0.1, 0.15) is 30.2 Å². The maximum Gasteiger partial charge on any atom is 0.257 e. The third-order valence-electron chi connectivity index (χ3n) is 2.56. The van der Waals surface area contributed by atoms with Gasteiger partial charge in [0.15, 0.2) is 0 Å². The van der Waals surface area contributed by atoms with Crippen LogP contribution in [0.15, 0.2) is 35.1 Å². The van der Waals surface area contributed by atoms with Gasteiger partial charge in [0.05, 0.1) is 22.5 Å². The highest BCUT2D eigenvalue weighted by molar-refractivity contribution is 9.10. The number of rotatable bonds is 3. The zero-order chi connectivity index (χ0) is 14.0. The molecule has 1 aromatic heterocycles. The lowest BCUT2D eigenvalue weighted by Gasteiger charge is -2.06. The van der Waals surface area contributed by atoms with Crippen LogP contribution in [-0.4, -0.2) is 15.7 Å². The molecule has 6 heteroatoms. The van der Waals surface area contributed by atoms with Crippen LogP contribution in [0.2, 0.25) is 5.02 Å². The van der Waals surface area contributed by atoms with Gasteiger partial charge in [0.1, 0.15) is 0 Å². The second-order valence-corrected chi connectivity index (χ2v) is 5.70. The number of carbonyl (C=O) groups is 1. The van der Waals surface area contributed by atoms with Gasteiger partial charge in [-0.05, 0) is 32.0 Å². The summed E-state index contributed by atoms with van der Waals surface area (Å²) in [6, 6.07) is 5.40. The van der Waals surface area contributed by atoms with E-state index >= 15 is 0 Å². The van der Waals surface area contributed by atoms with E-state index in [1.165, 1.54) is 0 Å². The summed E-state index contributed by atoms with van der Waals surface area (Å²) in [5.74, 6) is -0.255. The van der Waals surface area contributed by atoms with Gasteiger partial charge < -0.3 is 5.32 Å². The van der Waals surface area contributed by atoms with Crippen LogP contribution in [-0.2, 0) is 0 Å².